The average molecular weight is 413 g/mol. The smallest absolute Gasteiger partial charge is 0.253 e. The van der Waals surface area contributed by atoms with Crippen LogP contribution < -0.4 is 4.72 Å². The lowest BCUT2D eigenvalue weighted by Crippen LogP contribution is -2.27. The van der Waals surface area contributed by atoms with Crippen LogP contribution in [0.5, 0.6) is 0 Å². The maximum atomic E-state index is 12.6. The monoisotopic (exact) mass is 412 g/mol. The lowest BCUT2D eigenvalue weighted by atomic mass is 10.1. The Labute approximate surface area is 163 Å². The van der Waals surface area contributed by atoms with E-state index in [4.69, 9.17) is 23.2 Å². The van der Waals surface area contributed by atoms with Crippen LogP contribution in [0.2, 0.25) is 10.0 Å². The Morgan fingerprint density at radius 1 is 1.15 bits per heavy atom. The van der Waals surface area contributed by atoms with Crippen molar-refractivity contribution >= 4 is 39.1 Å². The first-order valence-corrected chi connectivity index (χ1v) is 10.3. The summed E-state index contributed by atoms with van der Waals surface area (Å²) in [6.45, 7) is 0.318. The molecule has 3 rings (SSSR count). The molecule has 0 unspecified atom stereocenters. The highest BCUT2D eigenvalue weighted by Crippen LogP contribution is 2.24. The minimum absolute atomic E-state index is 0.0385. The molecule has 0 heterocycles. The second kappa shape index (κ2) is 7.56. The van der Waals surface area contributed by atoms with Crippen LogP contribution in [0.15, 0.2) is 47.4 Å². The minimum Gasteiger partial charge on any atom is -0.337 e. The third-order valence-corrected chi connectivity index (χ3v) is 6.20. The third kappa shape index (κ3) is 4.57. The van der Waals surface area contributed by atoms with Crippen LogP contribution >= 0.6 is 23.2 Å². The number of benzene rings is 2. The molecule has 1 aliphatic carbocycles. The normalized spacial score (nSPS) is 14.3. The molecule has 0 aliphatic heterocycles. The molecule has 8 heteroatoms. The number of nitrogens with one attached hydrogen (secondary N) is 1. The number of hydrogen-bond acceptors (Lipinski definition) is 3. The van der Waals surface area contributed by atoms with Gasteiger partial charge in [0, 0.05) is 35.2 Å². The largest absolute Gasteiger partial charge is 0.337 e. The van der Waals surface area contributed by atoms with Gasteiger partial charge < -0.3 is 4.90 Å². The number of hydrogen-bond donors (Lipinski definition) is 1. The second-order valence-corrected chi connectivity index (χ2v) is 8.87. The minimum atomic E-state index is -3.52. The van der Waals surface area contributed by atoms with Gasteiger partial charge in [-0.3, -0.25) is 4.79 Å². The summed E-state index contributed by atoms with van der Waals surface area (Å²) >= 11 is 12.0. The van der Waals surface area contributed by atoms with E-state index in [0.29, 0.717) is 22.2 Å². The predicted octanol–water partition coefficient (Wildman–Crippen LogP) is 3.71. The van der Waals surface area contributed by atoms with Crippen molar-refractivity contribution in [2.24, 2.45) is 0 Å². The summed E-state index contributed by atoms with van der Waals surface area (Å²) in [7, 11) is -1.86. The van der Waals surface area contributed by atoms with Gasteiger partial charge in [0.1, 0.15) is 0 Å². The van der Waals surface area contributed by atoms with Gasteiger partial charge in [0.2, 0.25) is 10.0 Å². The maximum Gasteiger partial charge on any atom is 0.253 e. The highest BCUT2D eigenvalue weighted by atomic mass is 35.5. The summed E-state index contributed by atoms with van der Waals surface area (Å²) in [4.78, 5) is 14.2. The highest BCUT2D eigenvalue weighted by molar-refractivity contribution is 7.89. The lowest BCUT2D eigenvalue weighted by Gasteiger charge is -2.18. The van der Waals surface area contributed by atoms with E-state index in [1.54, 1.807) is 25.2 Å². The van der Waals surface area contributed by atoms with Gasteiger partial charge in [0.15, 0.2) is 0 Å². The number of sulfonamides is 1. The molecule has 1 saturated carbocycles. The Balaban J connectivity index is 1.70. The van der Waals surface area contributed by atoms with Crippen molar-refractivity contribution in [2.45, 2.75) is 30.3 Å². The van der Waals surface area contributed by atoms with Crippen LogP contribution in [-0.2, 0) is 16.6 Å². The summed E-state index contributed by atoms with van der Waals surface area (Å²) in [6, 6.07) is 11.1. The average Bonchev–Trinajstić information content (AvgIpc) is 3.40. The van der Waals surface area contributed by atoms with Gasteiger partial charge in [-0.2, -0.15) is 0 Å². The number of amides is 1. The fourth-order valence-corrected chi connectivity index (χ4v) is 4.24. The van der Waals surface area contributed by atoms with Crippen molar-refractivity contribution in [3.8, 4) is 0 Å². The molecule has 1 aliphatic rings. The first-order chi connectivity index (χ1) is 12.3. The van der Waals surface area contributed by atoms with Gasteiger partial charge in [0.25, 0.3) is 5.91 Å². The van der Waals surface area contributed by atoms with E-state index in [2.05, 4.69) is 4.72 Å². The first-order valence-electron chi connectivity index (χ1n) is 8.08. The van der Waals surface area contributed by atoms with Crippen molar-refractivity contribution in [1.29, 1.82) is 0 Å². The van der Waals surface area contributed by atoms with Crippen molar-refractivity contribution in [3.63, 3.8) is 0 Å². The summed E-state index contributed by atoms with van der Waals surface area (Å²) in [5, 5.41) is 1.02. The Hall–Kier alpha value is -1.60. The molecule has 1 amide bonds. The van der Waals surface area contributed by atoms with Crippen LogP contribution in [0.4, 0.5) is 0 Å². The predicted molar refractivity (Wildman–Crippen MR) is 102 cm³/mol. The molecule has 2 aromatic rings. The highest BCUT2D eigenvalue weighted by Gasteiger charge is 2.28. The SMILES string of the molecule is CN(Cc1ccc(Cl)cc1Cl)C(=O)c1ccc(S(=O)(=O)NC2CC2)cc1. The van der Waals surface area contributed by atoms with Crippen molar-refractivity contribution in [1.82, 2.24) is 9.62 Å². The van der Waals surface area contributed by atoms with E-state index in [1.807, 2.05) is 0 Å². The zero-order chi connectivity index (χ0) is 18.9. The molecule has 0 bridgehead atoms. The van der Waals surface area contributed by atoms with Crippen molar-refractivity contribution in [2.75, 3.05) is 7.05 Å². The first kappa shape index (κ1) is 19.2. The summed E-state index contributed by atoms with van der Waals surface area (Å²) < 4.78 is 27.0. The molecule has 0 radical (unpaired) electrons. The van der Waals surface area contributed by atoms with Crippen LogP contribution in [-0.4, -0.2) is 32.3 Å². The van der Waals surface area contributed by atoms with E-state index < -0.39 is 10.0 Å². The van der Waals surface area contributed by atoms with Gasteiger partial charge in [-0.05, 0) is 54.8 Å². The second-order valence-electron chi connectivity index (χ2n) is 6.32. The molecule has 1 fully saturated rings. The molecule has 0 saturated heterocycles. The van der Waals surface area contributed by atoms with Crippen LogP contribution in [0.1, 0.15) is 28.8 Å². The quantitative estimate of drug-likeness (QED) is 0.785. The molecule has 1 N–H and O–H groups in total. The van der Waals surface area contributed by atoms with E-state index in [9.17, 15) is 13.2 Å². The Kier molecular flexibility index (Phi) is 5.58. The van der Waals surface area contributed by atoms with Crippen molar-refractivity contribution in [3.05, 3.63) is 63.6 Å². The van der Waals surface area contributed by atoms with Gasteiger partial charge in [-0.25, -0.2) is 13.1 Å². The number of halogens is 2. The summed E-state index contributed by atoms with van der Waals surface area (Å²) in [6.07, 6.45) is 1.74. The molecular weight excluding hydrogens is 395 g/mol. The Morgan fingerprint density at radius 2 is 1.81 bits per heavy atom. The topological polar surface area (TPSA) is 66.5 Å². The fourth-order valence-electron chi connectivity index (χ4n) is 2.46. The standard InChI is InChI=1S/C18H18Cl2N2O3S/c1-22(11-13-2-5-14(19)10-17(13)20)18(23)12-3-8-16(9-4-12)26(24,25)21-15-6-7-15/h2-5,8-10,15,21H,6-7,11H2,1H3. The Morgan fingerprint density at radius 3 is 2.38 bits per heavy atom. The molecule has 2 aromatic carbocycles. The van der Waals surface area contributed by atoms with E-state index in [-0.39, 0.29) is 16.8 Å². The molecule has 26 heavy (non-hydrogen) atoms. The molecule has 138 valence electrons. The van der Waals surface area contributed by atoms with Crippen LogP contribution in [0.3, 0.4) is 0 Å². The summed E-state index contributed by atoms with van der Waals surface area (Å²) in [5.41, 5.74) is 1.18. The fraction of sp³-hybridized carbons (Fsp3) is 0.278. The number of carbonyl (C=O) groups is 1. The molecule has 5 nitrogen and oxygen atoms in total. The van der Waals surface area contributed by atoms with Crippen LogP contribution in [0, 0.1) is 0 Å². The Bertz CT molecular complexity index is 926. The number of rotatable bonds is 6. The van der Waals surface area contributed by atoms with Crippen molar-refractivity contribution < 1.29 is 13.2 Å². The van der Waals surface area contributed by atoms with Crippen LogP contribution in [0.25, 0.3) is 0 Å². The molecule has 0 aromatic heterocycles. The molecular formula is C18H18Cl2N2O3S. The van der Waals surface area contributed by atoms with E-state index in [0.717, 1.165) is 18.4 Å². The zero-order valence-corrected chi connectivity index (χ0v) is 16.4. The molecule has 0 atom stereocenters. The van der Waals surface area contributed by atoms with Gasteiger partial charge in [-0.15, -0.1) is 0 Å². The number of nitrogens with zero attached hydrogens (tertiary/aromatic N) is 1. The van der Waals surface area contributed by atoms with Gasteiger partial charge in [-0.1, -0.05) is 29.3 Å². The maximum absolute atomic E-state index is 12.6. The van der Waals surface area contributed by atoms with E-state index in [1.165, 1.54) is 29.2 Å². The number of carbonyl (C=O) groups excluding carboxylic acids is 1. The third-order valence-electron chi connectivity index (χ3n) is 4.08. The van der Waals surface area contributed by atoms with Gasteiger partial charge in [0.05, 0.1) is 4.90 Å². The van der Waals surface area contributed by atoms with Gasteiger partial charge >= 0.3 is 0 Å². The van der Waals surface area contributed by atoms with E-state index >= 15 is 0 Å². The molecule has 0 spiro atoms. The summed E-state index contributed by atoms with van der Waals surface area (Å²) in [5.74, 6) is -0.227. The zero-order valence-electron chi connectivity index (χ0n) is 14.1. The lowest BCUT2D eigenvalue weighted by molar-refractivity contribution is 0.0785.